The van der Waals surface area contributed by atoms with Crippen LogP contribution in [-0.2, 0) is 4.79 Å². The minimum Gasteiger partial charge on any atom is -0.344 e. The molecule has 0 radical (unpaired) electrons. The Morgan fingerprint density at radius 1 is 1.52 bits per heavy atom. The van der Waals surface area contributed by atoms with Gasteiger partial charge in [-0.05, 0) is 18.6 Å². The molecular weight excluding hydrogens is 315 g/mol. The number of rotatable bonds is 2. The minimum atomic E-state index is -0.534. The van der Waals surface area contributed by atoms with Gasteiger partial charge < -0.3 is 10.2 Å². The first kappa shape index (κ1) is 14.3. The Labute approximate surface area is 129 Å². The molecule has 0 bridgehead atoms. The van der Waals surface area contributed by atoms with Gasteiger partial charge in [-0.25, -0.2) is 4.39 Å². The number of hydrogen-bond donors (Lipinski definition) is 1. The number of nitrogens with one attached hydrogen (secondary N) is 1. The zero-order valence-electron chi connectivity index (χ0n) is 11.2. The van der Waals surface area contributed by atoms with Crippen LogP contribution < -0.4 is 5.32 Å². The van der Waals surface area contributed by atoms with E-state index in [9.17, 15) is 14.0 Å². The second-order valence-electron chi connectivity index (χ2n) is 4.93. The molecule has 0 saturated carbocycles. The molecule has 7 heteroatoms. The molecule has 1 saturated heterocycles. The first-order valence-corrected chi connectivity index (χ1v) is 7.61. The summed E-state index contributed by atoms with van der Waals surface area (Å²) in [6.45, 7) is 0.610. The summed E-state index contributed by atoms with van der Waals surface area (Å²) in [6, 6.07) is 4.05. The lowest BCUT2D eigenvalue weighted by Gasteiger charge is -2.11. The molecule has 1 aliphatic heterocycles. The van der Waals surface area contributed by atoms with E-state index in [-0.39, 0.29) is 21.2 Å². The van der Waals surface area contributed by atoms with Crippen LogP contribution in [0.15, 0.2) is 18.2 Å². The number of carbonyl (C=O) groups is 2. The number of halogens is 2. The van der Waals surface area contributed by atoms with Crippen LogP contribution in [0.5, 0.6) is 0 Å². The number of nitrogens with zero attached hydrogens (tertiary/aromatic N) is 1. The molecule has 1 aromatic heterocycles. The fraction of sp³-hybridized carbons (Fsp3) is 0.286. The lowest BCUT2D eigenvalue weighted by Crippen LogP contribution is -2.40. The van der Waals surface area contributed by atoms with Gasteiger partial charge in [0.2, 0.25) is 5.91 Å². The summed E-state index contributed by atoms with van der Waals surface area (Å²) in [7, 11) is 1.69. The summed E-state index contributed by atoms with van der Waals surface area (Å²) in [6.07, 6.45) is 0.567. The first-order valence-electron chi connectivity index (χ1n) is 6.41. The van der Waals surface area contributed by atoms with Gasteiger partial charge in [-0.3, -0.25) is 9.59 Å². The van der Waals surface area contributed by atoms with Crippen molar-refractivity contribution in [2.24, 2.45) is 0 Å². The number of thiophene rings is 1. The van der Waals surface area contributed by atoms with E-state index < -0.39 is 17.8 Å². The molecule has 110 valence electrons. The van der Waals surface area contributed by atoms with Crippen molar-refractivity contribution in [3.8, 4) is 0 Å². The average molecular weight is 327 g/mol. The van der Waals surface area contributed by atoms with Crippen molar-refractivity contribution < 1.29 is 14.0 Å². The quantitative estimate of drug-likeness (QED) is 0.922. The summed E-state index contributed by atoms with van der Waals surface area (Å²) in [5, 5.41) is 3.03. The fourth-order valence-corrected chi connectivity index (χ4v) is 3.86. The average Bonchev–Trinajstić information content (AvgIpc) is 2.95. The van der Waals surface area contributed by atoms with Gasteiger partial charge in [0.1, 0.15) is 16.7 Å². The van der Waals surface area contributed by atoms with Crippen LogP contribution in [0, 0.1) is 5.82 Å². The van der Waals surface area contributed by atoms with E-state index in [4.69, 9.17) is 11.6 Å². The highest BCUT2D eigenvalue weighted by molar-refractivity contribution is 7.21. The summed E-state index contributed by atoms with van der Waals surface area (Å²) < 4.78 is 14.4. The van der Waals surface area contributed by atoms with Crippen LogP contribution in [0.1, 0.15) is 16.1 Å². The SMILES string of the molecule is CN1CCC(NC(=O)c2sc3cccc(F)c3c2Cl)C1=O. The number of amides is 2. The van der Waals surface area contributed by atoms with Crippen molar-refractivity contribution in [2.45, 2.75) is 12.5 Å². The summed E-state index contributed by atoms with van der Waals surface area (Å²) in [5.74, 6) is -1.01. The van der Waals surface area contributed by atoms with Crippen LogP contribution in [-0.4, -0.2) is 36.3 Å². The first-order chi connectivity index (χ1) is 9.99. The van der Waals surface area contributed by atoms with E-state index in [1.165, 1.54) is 6.07 Å². The van der Waals surface area contributed by atoms with Crippen LogP contribution in [0.3, 0.4) is 0 Å². The second kappa shape index (κ2) is 5.27. The summed E-state index contributed by atoms with van der Waals surface area (Å²) in [5.41, 5.74) is 0. The molecule has 1 unspecified atom stereocenters. The third-order valence-electron chi connectivity index (χ3n) is 3.55. The highest BCUT2D eigenvalue weighted by atomic mass is 35.5. The summed E-state index contributed by atoms with van der Waals surface area (Å²) >= 11 is 7.24. The third-order valence-corrected chi connectivity index (χ3v) is 5.19. The standard InChI is InChI=1S/C14H12ClFN2O2S/c1-18-6-5-8(14(18)20)17-13(19)12-11(15)10-7(16)3-2-4-9(10)21-12/h2-4,8H,5-6H2,1H3,(H,17,19). The van der Waals surface area contributed by atoms with Crippen molar-refractivity contribution >= 4 is 44.8 Å². The molecule has 0 aliphatic carbocycles. The topological polar surface area (TPSA) is 49.4 Å². The van der Waals surface area contributed by atoms with Crippen molar-refractivity contribution in [1.82, 2.24) is 10.2 Å². The zero-order chi connectivity index (χ0) is 15.1. The van der Waals surface area contributed by atoms with Gasteiger partial charge in [-0.1, -0.05) is 17.7 Å². The lowest BCUT2D eigenvalue weighted by molar-refractivity contribution is -0.128. The second-order valence-corrected chi connectivity index (χ2v) is 6.36. The van der Waals surface area contributed by atoms with Crippen LogP contribution >= 0.6 is 22.9 Å². The Bertz CT molecular complexity index is 746. The van der Waals surface area contributed by atoms with Crippen LogP contribution in [0.2, 0.25) is 5.02 Å². The van der Waals surface area contributed by atoms with Crippen molar-refractivity contribution in [1.29, 1.82) is 0 Å². The van der Waals surface area contributed by atoms with Gasteiger partial charge >= 0.3 is 0 Å². The van der Waals surface area contributed by atoms with Crippen LogP contribution in [0.25, 0.3) is 10.1 Å². The monoisotopic (exact) mass is 326 g/mol. The molecule has 1 aromatic carbocycles. The van der Waals surface area contributed by atoms with Gasteiger partial charge in [-0.2, -0.15) is 0 Å². The van der Waals surface area contributed by atoms with Gasteiger partial charge in [0.25, 0.3) is 5.91 Å². The molecule has 1 fully saturated rings. The molecule has 2 heterocycles. The Kier molecular flexibility index (Phi) is 3.59. The van der Waals surface area contributed by atoms with Gasteiger partial charge in [0, 0.05) is 23.7 Å². The van der Waals surface area contributed by atoms with E-state index >= 15 is 0 Å². The predicted octanol–water partition coefficient (Wildman–Crippen LogP) is 2.65. The molecule has 2 aromatic rings. The third kappa shape index (κ3) is 2.38. The number of hydrogen-bond acceptors (Lipinski definition) is 3. The maximum absolute atomic E-state index is 13.8. The van der Waals surface area contributed by atoms with Gasteiger partial charge in [0.05, 0.1) is 5.02 Å². The highest BCUT2D eigenvalue weighted by Gasteiger charge is 2.31. The Hall–Kier alpha value is -1.66. The smallest absolute Gasteiger partial charge is 0.263 e. The van der Waals surface area contributed by atoms with Crippen molar-refractivity contribution in [2.75, 3.05) is 13.6 Å². The van der Waals surface area contributed by atoms with Crippen molar-refractivity contribution in [3.05, 3.63) is 33.9 Å². The number of carbonyl (C=O) groups excluding carboxylic acids is 2. The highest BCUT2D eigenvalue weighted by Crippen LogP contribution is 2.36. The molecule has 2 amide bonds. The molecule has 1 N–H and O–H groups in total. The Morgan fingerprint density at radius 2 is 2.29 bits per heavy atom. The largest absolute Gasteiger partial charge is 0.344 e. The lowest BCUT2D eigenvalue weighted by atomic mass is 10.2. The molecule has 21 heavy (non-hydrogen) atoms. The van der Waals surface area contributed by atoms with E-state index in [0.29, 0.717) is 17.7 Å². The Balaban J connectivity index is 1.90. The van der Waals surface area contributed by atoms with Crippen LogP contribution in [0.4, 0.5) is 4.39 Å². The number of likely N-dealkylation sites (tertiary alicyclic amines) is 1. The van der Waals surface area contributed by atoms with E-state index in [0.717, 1.165) is 11.3 Å². The normalized spacial score (nSPS) is 18.5. The zero-order valence-corrected chi connectivity index (χ0v) is 12.7. The predicted molar refractivity (Wildman–Crippen MR) is 80.3 cm³/mol. The molecule has 0 spiro atoms. The molecular formula is C14H12ClFN2O2S. The molecule has 1 atom stereocenters. The fourth-order valence-electron chi connectivity index (χ4n) is 2.40. The van der Waals surface area contributed by atoms with Gasteiger partial charge in [0.15, 0.2) is 0 Å². The number of benzene rings is 1. The maximum Gasteiger partial charge on any atom is 0.263 e. The maximum atomic E-state index is 13.8. The van der Waals surface area contributed by atoms with E-state index in [1.54, 1.807) is 24.1 Å². The number of fused-ring (bicyclic) bond motifs is 1. The molecule has 3 rings (SSSR count). The molecule has 4 nitrogen and oxygen atoms in total. The minimum absolute atomic E-state index is 0.101. The summed E-state index contributed by atoms with van der Waals surface area (Å²) in [4.78, 5) is 25.9. The van der Waals surface area contributed by atoms with Gasteiger partial charge in [-0.15, -0.1) is 11.3 Å². The Morgan fingerprint density at radius 3 is 2.90 bits per heavy atom. The van der Waals surface area contributed by atoms with E-state index in [1.807, 2.05) is 0 Å². The van der Waals surface area contributed by atoms with Crippen molar-refractivity contribution in [3.63, 3.8) is 0 Å². The number of likely N-dealkylation sites (N-methyl/N-ethyl adjacent to an activating group) is 1. The van der Waals surface area contributed by atoms with E-state index in [2.05, 4.69) is 5.32 Å². The molecule has 1 aliphatic rings.